The van der Waals surface area contributed by atoms with E-state index in [9.17, 15) is 15.0 Å². The van der Waals surface area contributed by atoms with Gasteiger partial charge in [-0.25, -0.2) is 4.79 Å². The van der Waals surface area contributed by atoms with Gasteiger partial charge in [-0.1, -0.05) is 26.0 Å². The number of hydrogen-bond donors (Lipinski definition) is 2. The molecule has 0 bridgehead atoms. The molecular weight excluding hydrogens is 304 g/mol. The van der Waals surface area contributed by atoms with Crippen molar-refractivity contribution in [3.05, 3.63) is 23.8 Å². The first kappa shape index (κ1) is 17.7. The summed E-state index contributed by atoms with van der Waals surface area (Å²) < 4.78 is 5.00. The molecule has 2 N–H and O–H groups in total. The van der Waals surface area contributed by atoms with Gasteiger partial charge in [0.1, 0.15) is 6.61 Å². The molecule has 0 spiro atoms. The lowest BCUT2D eigenvalue weighted by molar-refractivity contribution is -0.135. The molecule has 3 rings (SSSR count). The van der Waals surface area contributed by atoms with Crippen LogP contribution in [0.1, 0.15) is 52.4 Å². The Balaban J connectivity index is 1.82. The molecule has 5 atom stereocenters. The topological polar surface area (TPSA) is 66.8 Å². The molecule has 0 aromatic rings. The van der Waals surface area contributed by atoms with Crippen molar-refractivity contribution < 1.29 is 19.7 Å². The number of hydrogen-bond acceptors (Lipinski definition) is 4. The number of ether oxygens (including phenoxy) is 1. The molecule has 5 unspecified atom stereocenters. The van der Waals surface area contributed by atoms with Crippen molar-refractivity contribution in [2.24, 2.45) is 22.7 Å². The Bertz CT molecular complexity index is 566. The predicted molar refractivity (Wildman–Crippen MR) is 92.2 cm³/mol. The SMILES string of the molecule is C=C1CCC2C(C)(CO)CC(O)CC2(C)C1CCC1=CC(=O)OC1. The molecule has 2 saturated carbocycles. The van der Waals surface area contributed by atoms with Gasteiger partial charge < -0.3 is 14.9 Å². The fourth-order valence-corrected chi connectivity index (χ4v) is 5.83. The van der Waals surface area contributed by atoms with Crippen LogP contribution in [-0.2, 0) is 9.53 Å². The number of rotatable bonds is 4. The molecule has 3 aliphatic rings. The first-order valence-electron chi connectivity index (χ1n) is 9.11. The van der Waals surface area contributed by atoms with Gasteiger partial charge in [-0.15, -0.1) is 0 Å². The van der Waals surface area contributed by atoms with Gasteiger partial charge in [0.15, 0.2) is 0 Å². The van der Waals surface area contributed by atoms with Crippen LogP contribution in [0.15, 0.2) is 23.8 Å². The molecule has 4 nitrogen and oxygen atoms in total. The summed E-state index contributed by atoms with van der Waals surface area (Å²) in [6, 6.07) is 0. The van der Waals surface area contributed by atoms with Gasteiger partial charge in [-0.2, -0.15) is 0 Å². The normalized spacial score (nSPS) is 42.5. The summed E-state index contributed by atoms with van der Waals surface area (Å²) in [6.07, 6.45) is 6.49. The molecule has 1 aliphatic heterocycles. The molecule has 2 aliphatic carbocycles. The Morgan fingerprint density at radius 3 is 2.75 bits per heavy atom. The lowest BCUT2D eigenvalue weighted by Crippen LogP contribution is -2.55. The monoisotopic (exact) mass is 334 g/mol. The number of allylic oxidation sites excluding steroid dienone is 1. The van der Waals surface area contributed by atoms with Crippen molar-refractivity contribution in [1.82, 2.24) is 0 Å². The third kappa shape index (κ3) is 2.95. The number of aliphatic hydroxyl groups excluding tert-OH is 2. The minimum absolute atomic E-state index is 0.0471. The zero-order valence-corrected chi connectivity index (χ0v) is 14.9. The number of cyclic esters (lactones) is 1. The summed E-state index contributed by atoms with van der Waals surface area (Å²) in [5.74, 6) is 0.468. The molecule has 1 heterocycles. The Morgan fingerprint density at radius 1 is 1.38 bits per heavy atom. The molecule has 0 aromatic carbocycles. The molecule has 0 aromatic heterocycles. The molecule has 0 saturated heterocycles. The second-order valence-electron chi connectivity index (χ2n) is 8.63. The molecule has 2 fully saturated rings. The largest absolute Gasteiger partial charge is 0.458 e. The van der Waals surface area contributed by atoms with Crippen LogP contribution in [0, 0.1) is 22.7 Å². The van der Waals surface area contributed by atoms with Crippen LogP contribution in [0.2, 0.25) is 0 Å². The first-order chi connectivity index (χ1) is 11.3. The Labute approximate surface area is 144 Å². The molecular formula is C20H30O4. The van der Waals surface area contributed by atoms with Gasteiger partial charge in [-0.05, 0) is 66.8 Å². The number of fused-ring (bicyclic) bond motifs is 1. The van der Waals surface area contributed by atoms with Crippen LogP contribution in [0.3, 0.4) is 0 Å². The van der Waals surface area contributed by atoms with Gasteiger partial charge in [0, 0.05) is 12.7 Å². The molecule has 134 valence electrons. The second kappa shape index (κ2) is 6.30. The maximum atomic E-state index is 11.2. The molecule has 0 amide bonds. The number of aliphatic hydroxyl groups is 2. The number of carbonyl (C=O) groups is 1. The lowest BCUT2D eigenvalue weighted by Gasteiger charge is -2.59. The van der Waals surface area contributed by atoms with E-state index in [0.717, 1.165) is 37.7 Å². The smallest absolute Gasteiger partial charge is 0.331 e. The summed E-state index contributed by atoms with van der Waals surface area (Å²) in [5, 5.41) is 20.5. The van der Waals surface area contributed by atoms with E-state index in [1.54, 1.807) is 6.08 Å². The second-order valence-corrected chi connectivity index (χ2v) is 8.63. The van der Waals surface area contributed by atoms with Crippen LogP contribution >= 0.6 is 0 Å². The average Bonchev–Trinajstić information content (AvgIpc) is 2.91. The van der Waals surface area contributed by atoms with Crippen LogP contribution < -0.4 is 0 Å². The zero-order valence-electron chi connectivity index (χ0n) is 14.9. The van der Waals surface area contributed by atoms with E-state index in [0.29, 0.717) is 24.9 Å². The van der Waals surface area contributed by atoms with Crippen molar-refractivity contribution in [1.29, 1.82) is 0 Å². The van der Waals surface area contributed by atoms with E-state index in [1.165, 1.54) is 5.57 Å². The quantitative estimate of drug-likeness (QED) is 0.613. The fraction of sp³-hybridized carbons (Fsp3) is 0.750. The van der Waals surface area contributed by atoms with Gasteiger partial charge in [0.25, 0.3) is 0 Å². The van der Waals surface area contributed by atoms with Gasteiger partial charge in [0.2, 0.25) is 0 Å². The minimum atomic E-state index is -0.368. The standard InChI is InChI=1S/C20H30O4/c1-13-4-7-17-19(2,12-21)9-15(22)10-20(17,3)16(13)6-5-14-8-18(23)24-11-14/h8,15-17,21-22H,1,4-7,9-12H2,2-3H3. The minimum Gasteiger partial charge on any atom is -0.458 e. The van der Waals surface area contributed by atoms with E-state index in [-0.39, 0.29) is 29.5 Å². The third-order valence-corrected chi connectivity index (χ3v) is 6.89. The molecule has 4 heteroatoms. The highest BCUT2D eigenvalue weighted by atomic mass is 16.5. The van der Waals surface area contributed by atoms with E-state index >= 15 is 0 Å². The maximum Gasteiger partial charge on any atom is 0.331 e. The summed E-state index contributed by atoms with van der Waals surface area (Å²) in [5.41, 5.74) is 2.04. The maximum absolute atomic E-state index is 11.2. The van der Waals surface area contributed by atoms with E-state index in [2.05, 4.69) is 20.4 Å². The highest BCUT2D eigenvalue weighted by molar-refractivity contribution is 5.85. The Hall–Kier alpha value is -1.13. The Kier molecular flexibility index (Phi) is 4.65. The molecule has 24 heavy (non-hydrogen) atoms. The average molecular weight is 334 g/mol. The van der Waals surface area contributed by atoms with Crippen molar-refractivity contribution >= 4 is 5.97 Å². The van der Waals surface area contributed by atoms with E-state index in [4.69, 9.17) is 4.74 Å². The summed E-state index contributed by atoms with van der Waals surface area (Å²) in [6.45, 7) is 9.25. The van der Waals surface area contributed by atoms with Crippen molar-refractivity contribution in [2.45, 2.75) is 58.5 Å². The van der Waals surface area contributed by atoms with Crippen LogP contribution in [0.25, 0.3) is 0 Å². The summed E-state index contributed by atoms with van der Waals surface area (Å²) >= 11 is 0. The van der Waals surface area contributed by atoms with E-state index in [1.807, 2.05) is 0 Å². The summed E-state index contributed by atoms with van der Waals surface area (Å²) in [7, 11) is 0. The summed E-state index contributed by atoms with van der Waals surface area (Å²) in [4.78, 5) is 11.2. The van der Waals surface area contributed by atoms with Crippen LogP contribution in [0.4, 0.5) is 0 Å². The number of esters is 1. The van der Waals surface area contributed by atoms with Crippen molar-refractivity contribution in [2.75, 3.05) is 13.2 Å². The zero-order chi connectivity index (χ0) is 17.5. The highest BCUT2D eigenvalue weighted by Gasteiger charge is 2.56. The van der Waals surface area contributed by atoms with Crippen LogP contribution in [0.5, 0.6) is 0 Å². The van der Waals surface area contributed by atoms with E-state index < -0.39 is 0 Å². The Morgan fingerprint density at radius 2 is 2.12 bits per heavy atom. The van der Waals surface area contributed by atoms with Gasteiger partial charge in [-0.3, -0.25) is 0 Å². The van der Waals surface area contributed by atoms with Crippen molar-refractivity contribution in [3.8, 4) is 0 Å². The van der Waals surface area contributed by atoms with Gasteiger partial charge in [0.05, 0.1) is 6.10 Å². The predicted octanol–water partition coefficient (Wildman–Crippen LogP) is 2.99. The molecule has 0 radical (unpaired) electrons. The van der Waals surface area contributed by atoms with Crippen molar-refractivity contribution in [3.63, 3.8) is 0 Å². The number of carbonyl (C=O) groups excluding carboxylic acids is 1. The highest BCUT2D eigenvalue weighted by Crippen LogP contribution is 2.61. The lowest BCUT2D eigenvalue weighted by atomic mass is 9.46. The third-order valence-electron chi connectivity index (χ3n) is 6.89. The first-order valence-corrected chi connectivity index (χ1v) is 9.11. The fourth-order valence-electron chi connectivity index (χ4n) is 5.83. The van der Waals surface area contributed by atoms with Crippen LogP contribution in [-0.4, -0.2) is 35.5 Å². The van der Waals surface area contributed by atoms with Gasteiger partial charge >= 0.3 is 5.97 Å².